The zero-order valence-corrected chi connectivity index (χ0v) is 16.6. The van der Waals surface area contributed by atoms with Crippen molar-refractivity contribution in [3.63, 3.8) is 0 Å². The number of carbonyl (C=O) groups is 2. The summed E-state index contributed by atoms with van der Waals surface area (Å²) in [5.74, 6) is -0.910. The number of nitrogens with one attached hydrogen (secondary N) is 2. The first-order valence-electron chi connectivity index (χ1n) is 9.86. The van der Waals surface area contributed by atoms with E-state index < -0.39 is 18.0 Å². The number of rotatable bonds is 8. The van der Waals surface area contributed by atoms with Crippen molar-refractivity contribution < 1.29 is 9.59 Å². The molecule has 2 atom stereocenters. The molecule has 30 heavy (non-hydrogen) atoms. The molecule has 0 aromatic heterocycles. The maximum atomic E-state index is 12.6. The van der Waals surface area contributed by atoms with Crippen molar-refractivity contribution in [2.24, 2.45) is 11.5 Å². The van der Waals surface area contributed by atoms with E-state index in [1.807, 2.05) is 84.9 Å². The predicted molar refractivity (Wildman–Crippen MR) is 120 cm³/mol. The third kappa shape index (κ3) is 5.46. The summed E-state index contributed by atoms with van der Waals surface area (Å²) >= 11 is 0. The van der Waals surface area contributed by atoms with Gasteiger partial charge in [0.25, 0.3) is 0 Å². The maximum Gasteiger partial charge on any atom is 0.319 e. The molecule has 2 unspecified atom stereocenters. The number of urea groups is 1. The van der Waals surface area contributed by atoms with Gasteiger partial charge in [-0.05, 0) is 41.8 Å². The van der Waals surface area contributed by atoms with Crippen LogP contribution in [0.1, 0.15) is 17.9 Å². The van der Waals surface area contributed by atoms with Gasteiger partial charge >= 0.3 is 6.03 Å². The quantitative estimate of drug-likeness (QED) is 0.463. The lowest BCUT2D eigenvalue weighted by Gasteiger charge is -2.26. The van der Waals surface area contributed by atoms with Gasteiger partial charge in [-0.15, -0.1) is 0 Å². The van der Waals surface area contributed by atoms with E-state index in [0.717, 1.165) is 16.7 Å². The van der Waals surface area contributed by atoms with Gasteiger partial charge in [-0.3, -0.25) is 4.79 Å². The molecular formula is C24H26N4O2. The van der Waals surface area contributed by atoms with Crippen molar-refractivity contribution in [1.82, 2.24) is 5.32 Å². The van der Waals surface area contributed by atoms with Crippen LogP contribution in [0, 0.1) is 0 Å². The van der Waals surface area contributed by atoms with Crippen LogP contribution in [0.5, 0.6) is 0 Å². The number of primary amides is 1. The first kappa shape index (κ1) is 21.1. The molecule has 0 aliphatic heterocycles. The minimum Gasteiger partial charge on any atom is -0.368 e. The van der Waals surface area contributed by atoms with E-state index in [2.05, 4.69) is 10.6 Å². The molecule has 0 radical (unpaired) electrons. The average molecular weight is 402 g/mol. The summed E-state index contributed by atoms with van der Waals surface area (Å²) in [5, 5.41) is 5.48. The van der Waals surface area contributed by atoms with Crippen LogP contribution < -0.4 is 22.1 Å². The lowest BCUT2D eigenvalue weighted by Crippen LogP contribution is -2.50. The van der Waals surface area contributed by atoms with E-state index in [0.29, 0.717) is 18.7 Å². The maximum absolute atomic E-state index is 12.6. The highest BCUT2D eigenvalue weighted by Crippen LogP contribution is 2.24. The minimum atomic E-state index is -0.875. The zero-order valence-electron chi connectivity index (χ0n) is 16.6. The molecule has 3 amide bonds. The fourth-order valence-corrected chi connectivity index (χ4v) is 3.46. The van der Waals surface area contributed by atoms with Crippen molar-refractivity contribution in [1.29, 1.82) is 0 Å². The number of amides is 3. The van der Waals surface area contributed by atoms with E-state index in [1.54, 1.807) is 0 Å². The van der Waals surface area contributed by atoms with Crippen LogP contribution in [0.25, 0.3) is 11.1 Å². The van der Waals surface area contributed by atoms with Crippen molar-refractivity contribution in [3.8, 4) is 11.1 Å². The standard InChI is InChI=1S/C24H26N4O2/c25-16-15-21(19-9-5-2-6-10-19)22(23(26)29)28-24(30)27-20-13-11-18(12-14-20)17-7-3-1-4-8-17/h1-14,21-22H,15-16,25H2,(H2,26,29)(H2,27,28,30). The Hall–Kier alpha value is -3.64. The van der Waals surface area contributed by atoms with Gasteiger partial charge in [0.15, 0.2) is 0 Å². The fraction of sp³-hybridized carbons (Fsp3) is 0.167. The van der Waals surface area contributed by atoms with Crippen LogP contribution >= 0.6 is 0 Å². The van der Waals surface area contributed by atoms with Gasteiger partial charge in [0, 0.05) is 11.6 Å². The van der Waals surface area contributed by atoms with Gasteiger partial charge in [-0.1, -0.05) is 72.8 Å². The second kappa shape index (κ2) is 10.2. The van der Waals surface area contributed by atoms with E-state index in [9.17, 15) is 9.59 Å². The molecule has 154 valence electrons. The van der Waals surface area contributed by atoms with Crippen LogP contribution in [0.2, 0.25) is 0 Å². The smallest absolute Gasteiger partial charge is 0.319 e. The normalized spacial score (nSPS) is 12.6. The third-order valence-corrected chi connectivity index (χ3v) is 4.95. The average Bonchev–Trinajstić information content (AvgIpc) is 2.78. The summed E-state index contributed by atoms with van der Waals surface area (Å²) in [6, 6.07) is 25.5. The van der Waals surface area contributed by atoms with Crippen molar-refractivity contribution >= 4 is 17.6 Å². The molecule has 0 saturated carbocycles. The number of carbonyl (C=O) groups excluding carboxylic acids is 2. The molecule has 6 N–H and O–H groups in total. The van der Waals surface area contributed by atoms with Crippen molar-refractivity contribution in [3.05, 3.63) is 90.5 Å². The molecule has 3 aromatic carbocycles. The first-order valence-corrected chi connectivity index (χ1v) is 9.86. The molecule has 0 spiro atoms. The summed E-state index contributed by atoms with van der Waals surface area (Å²) in [4.78, 5) is 24.7. The van der Waals surface area contributed by atoms with Gasteiger partial charge in [0.05, 0.1) is 0 Å². The van der Waals surface area contributed by atoms with E-state index in [-0.39, 0.29) is 5.92 Å². The summed E-state index contributed by atoms with van der Waals surface area (Å²) < 4.78 is 0. The lowest BCUT2D eigenvalue weighted by atomic mass is 9.88. The van der Waals surface area contributed by atoms with Crippen LogP contribution in [0.15, 0.2) is 84.9 Å². The topological polar surface area (TPSA) is 110 Å². The van der Waals surface area contributed by atoms with Gasteiger partial charge in [-0.25, -0.2) is 4.79 Å². The lowest BCUT2D eigenvalue weighted by molar-refractivity contribution is -0.120. The Balaban J connectivity index is 1.70. The molecule has 3 rings (SSSR count). The fourth-order valence-electron chi connectivity index (χ4n) is 3.46. The summed E-state index contributed by atoms with van der Waals surface area (Å²) in [7, 11) is 0. The first-order chi connectivity index (χ1) is 14.6. The monoisotopic (exact) mass is 402 g/mol. The second-order valence-corrected chi connectivity index (χ2v) is 7.02. The molecule has 3 aromatic rings. The second-order valence-electron chi connectivity index (χ2n) is 7.02. The molecule has 6 nitrogen and oxygen atoms in total. The van der Waals surface area contributed by atoms with Gasteiger partial charge in [0.2, 0.25) is 5.91 Å². The van der Waals surface area contributed by atoms with Crippen LogP contribution in [-0.2, 0) is 4.79 Å². The molecule has 0 bridgehead atoms. The molecular weight excluding hydrogens is 376 g/mol. The number of anilines is 1. The van der Waals surface area contributed by atoms with Crippen LogP contribution in [-0.4, -0.2) is 24.5 Å². The largest absolute Gasteiger partial charge is 0.368 e. The molecule has 0 saturated heterocycles. The Morgan fingerprint density at radius 1 is 0.800 bits per heavy atom. The summed E-state index contributed by atoms with van der Waals surface area (Å²) in [6.07, 6.45) is 0.518. The molecule has 0 aliphatic rings. The zero-order chi connectivity index (χ0) is 21.3. The van der Waals surface area contributed by atoms with E-state index >= 15 is 0 Å². The van der Waals surface area contributed by atoms with Gasteiger partial charge in [0.1, 0.15) is 6.04 Å². The highest BCUT2D eigenvalue weighted by molar-refractivity contribution is 5.94. The van der Waals surface area contributed by atoms with Crippen LogP contribution in [0.4, 0.5) is 10.5 Å². The molecule has 0 aliphatic carbocycles. The number of hydrogen-bond donors (Lipinski definition) is 4. The Kier molecular flexibility index (Phi) is 7.19. The SMILES string of the molecule is NCCC(c1ccccc1)C(NC(=O)Nc1ccc(-c2ccccc2)cc1)C(N)=O. The third-order valence-electron chi connectivity index (χ3n) is 4.95. The summed E-state index contributed by atoms with van der Waals surface area (Å²) in [6.45, 7) is 0.369. The Morgan fingerprint density at radius 2 is 1.37 bits per heavy atom. The van der Waals surface area contributed by atoms with Gasteiger partial charge in [-0.2, -0.15) is 0 Å². The Bertz CT molecular complexity index is 960. The van der Waals surface area contributed by atoms with E-state index in [1.165, 1.54) is 0 Å². The Morgan fingerprint density at radius 3 is 1.93 bits per heavy atom. The predicted octanol–water partition coefficient (Wildman–Crippen LogP) is 3.46. The minimum absolute atomic E-state index is 0.306. The number of hydrogen-bond acceptors (Lipinski definition) is 3. The van der Waals surface area contributed by atoms with Crippen molar-refractivity contribution in [2.45, 2.75) is 18.4 Å². The molecule has 0 fully saturated rings. The molecule has 0 heterocycles. The summed E-state index contributed by atoms with van der Waals surface area (Å²) in [5.41, 5.74) is 15.0. The highest BCUT2D eigenvalue weighted by atomic mass is 16.2. The number of benzene rings is 3. The van der Waals surface area contributed by atoms with Crippen LogP contribution in [0.3, 0.4) is 0 Å². The van der Waals surface area contributed by atoms with Gasteiger partial charge < -0.3 is 22.1 Å². The highest BCUT2D eigenvalue weighted by Gasteiger charge is 2.29. The van der Waals surface area contributed by atoms with Crippen molar-refractivity contribution in [2.75, 3.05) is 11.9 Å². The van der Waals surface area contributed by atoms with E-state index in [4.69, 9.17) is 11.5 Å². The Labute approximate surface area is 176 Å². The number of nitrogens with two attached hydrogens (primary N) is 2. The molecule has 6 heteroatoms.